The van der Waals surface area contributed by atoms with Gasteiger partial charge in [0.25, 0.3) is 5.91 Å². The second-order valence-corrected chi connectivity index (χ2v) is 7.59. The summed E-state index contributed by atoms with van der Waals surface area (Å²) in [6, 6.07) is 23.6. The van der Waals surface area contributed by atoms with Crippen LogP contribution in [0.3, 0.4) is 0 Å². The fourth-order valence-electron chi connectivity index (χ4n) is 3.62. The molecule has 158 valence electrons. The quantitative estimate of drug-likeness (QED) is 0.451. The summed E-state index contributed by atoms with van der Waals surface area (Å²) in [4.78, 5) is 13.1. The highest BCUT2D eigenvalue weighted by Crippen LogP contribution is 2.24. The fourth-order valence-corrected chi connectivity index (χ4v) is 3.62. The van der Waals surface area contributed by atoms with Crippen molar-refractivity contribution in [2.75, 3.05) is 6.54 Å². The van der Waals surface area contributed by atoms with E-state index in [9.17, 15) is 4.79 Å². The molecule has 5 aromatic rings. The lowest BCUT2D eigenvalue weighted by molar-refractivity contribution is 0.0954. The van der Waals surface area contributed by atoms with Gasteiger partial charge >= 0.3 is 0 Å². The Morgan fingerprint density at radius 2 is 1.72 bits per heavy atom. The Labute approximate surface area is 185 Å². The van der Waals surface area contributed by atoms with Crippen LogP contribution in [0.15, 0.2) is 85.2 Å². The minimum atomic E-state index is -0.170. The first-order valence-corrected chi connectivity index (χ1v) is 10.5. The topological polar surface area (TPSA) is 77.1 Å². The highest BCUT2D eigenvalue weighted by atomic mass is 16.1. The summed E-state index contributed by atoms with van der Waals surface area (Å²) in [5, 5.41) is 16.1. The van der Waals surface area contributed by atoms with Crippen LogP contribution in [0.4, 0.5) is 0 Å². The lowest BCUT2D eigenvalue weighted by Gasteiger charge is -2.05. The van der Waals surface area contributed by atoms with Crippen LogP contribution in [-0.4, -0.2) is 36.8 Å². The molecule has 0 aliphatic heterocycles. The molecule has 0 fully saturated rings. The smallest absolute Gasteiger partial charge is 0.255 e. The van der Waals surface area contributed by atoms with Gasteiger partial charge in [0.2, 0.25) is 0 Å². The third-order valence-corrected chi connectivity index (χ3v) is 5.32. The molecule has 1 amide bonds. The summed E-state index contributed by atoms with van der Waals surface area (Å²) in [6.45, 7) is 2.48. The maximum atomic E-state index is 13.1. The van der Waals surface area contributed by atoms with Crippen LogP contribution in [0.2, 0.25) is 0 Å². The maximum absolute atomic E-state index is 13.1. The number of rotatable bonds is 6. The Morgan fingerprint density at radius 3 is 2.53 bits per heavy atom. The zero-order valence-electron chi connectivity index (χ0n) is 17.6. The summed E-state index contributed by atoms with van der Waals surface area (Å²) in [7, 11) is 0. The van der Waals surface area contributed by atoms with Crippen molar-refractivity contribution in [3.63, 3.8) is 0 Å². The van der Waals surface area contributed by atoms with E-state index in [0.717, 1.165) is 22.7 Å². The van der Waals surface area contributed by atoms with Gasteiger partial charge < -0.3 is 5.32 Å². The van der Waals surface area contributed by atoms with Gasteiger partial charge in [-0.25, -0.2) is 4.68 Å². The van der Waals surface area contributed by atoms with Crippen LogP contribution in [0, 0.1) is 6.92 Å². The lowest BCUT2D eigenvalue weighted by Crippen LogP contribution is -2.26. The van der Waals surface area contributed by atoms with Crippen molar-refractivity contribution in [1.82, 2.24) is 29.7 Å². The van der Waals surface area contributed by atoms with Gasteiger partial charge in [-0.3, -0.25) is 9.20 Å². The summed E-state index contributed by atoms with van der Waals surface area (Å²) < 4.78 is 3.68. The van der Waals surface area contributed by atoms with Gasteiger partial charge in [-0.15, -0.1) is 10.2 Å². The average molecular weight is 422 g/mol. The third-order valence-electron chi connectivity index (χ3n) is 5.32. The Balaban J connectivity index is 1.39. The third kappa shape index (κ3) is 3.88. The minimum Gasteiger partial charge on any atom is -0.351 e. The Morgan fingerprint density at radius 1 is 0.938 bits per heavy atom. The number of benzene rings is 2. The fraction of sp³-hybridized carbons (Fsp3) is 0.120. The molecule has 7 nitrogen and oxygen atoms in total. The highest BCUT2D eigenvalue weighted by Gasteiger charge is 2.18. The van der Waals surface area contributed by atoms with Crippen molar-refractivity contribution in [1.29, 1.82) is 0 Å². The molecule has 0 atom stereocenters. The predicted molar refractivity (Wildman–Crippen MR) is 123 cm³/mol. The Kier molecular flexibility index (Phi) is 5.21. The molecule has 32 heavy (non-hydrogen) atoms. The van der Waals surface area contributed by atoms with E-state index in [1.807, 2.05) is 90.3 Å². The monoisotopic (exact) mass is 422 g/mol. The zero-order valence-corrected chi connectivity index (χ0v) is 17.6. The molecule has 3 aromatic heterocycles. The second-order valence-electron chi connectivity index (χ2n) is 7.59. The predicted octanol–water partition coefficient (Wildman–Crippen LogP) is 3.86. The molecule has 0 unspecified atom stereocenters. The molecule has 7 heteroatoms. The van der Waals surface area contributed by atoms with Crippen molar-refractivity contribution in [3.05, 3.63) is 102 Å². The van der Waals surface area contributed by atoms with Gasteiger partial charge in [0.1, 0.15) is 11.5 Å². The zero-order chi connectivity index (χ0) is 21.9. The van der Waals surface area contributed by atoms with E-state index in [1.54, 1.807) is 10.9 Å². The second kappa shape index (κ2) is 8.47. The Bertz CT molecular complexity index is 1370. The summed E-state index contributed by atoms with van der Waals surface area (Å²) in [5.41, 5.74) is 4.94. The van der Waals surface area contributed by atoms with Gasteiger partial charge in [0.15, 0.2) is 5.65 Å². The first-order valence-electron chi connectivity index (χ1n) is 10.5. The van der Waals surface area contributed by atoms with Crippen molar-refractivity contribution < 1.29 is 4.79 Å². The molecule has 0 aliphatic carbocycles. The van der Waals surface area contributed by atoms with Crippen LogP contribution in [-0.2, 0) is 6.42 Å². The van der Waals surface area contributed by atoms with E-state index in [1.165, 1.54) is 5.56 Å². The van der Waals surface area contributed by atoms with Gasteiger partial charge in [0, 0.05) is 30.9 Å². The molecule has 0 spiro atoms. The Hall–Kier alpha value is -4.26. The van der Waals surface area contributed by atoms with Crippen molar-refractivity contribution >= 4 is 11.6 Å². The SMILES string of the molecule is Cc1ccc(-n2cc(C(=O)NCCc3nnc4ccccn34)c(-c3ccccc3)n2)cc1. The van der Waals surface area contributed by atoms with Crippen molar-refractivity contribution in [2.24, 2.45) is 0 Å². The normalized spacial score (nSPS) is 11.0. The van der Waals surface area contributed by atoms with Crippen LogP contribution >= 0.6 is 0 Å². The number of amides is 1. The standard InChI is InChI=1S/C25H22N6O/c1-18-10-12-20(13-11-18)31-17-21(24(29-31)19-7-3-2-4-8-19)25(32)26-15-14-23-28-27-22-9-5-6-16-30(22)23/h2-13,16-17H,14-15H2,1H3,(H,26,32). The number of hydrogen-bond acceptors (Lipinski definition) is 4. The van der Waals surface area contributed by atoms with Crippen LogP contribution in [0.25, 0.3) is 22.6 Å². The number of nitrogens with one attached hydrogen (secondary N) is 1. The molecule has 0 aliphatic rings. The average Bonchev–Trinajstić information content (AvgIpc) is 3.45. The van der Waals surface area contributed by atoms with Crippen LogP contribution in [0.5, 0.6) is 0 Å². The number of carbonyl (C=O) groups is 1. The van der Waals surface area contributed by atoms with Crippen LogP contribution < -0.4 is 5.32 Å². The van der Waals surface area contributed by atoms with Crippen LogP contribution in [0.1, 0.15) is 21.7 Å². The number of hydrogen-bond donors (Lipinski definition) is 1. The van der Waals surface area contributed by atoms with E-state index >= 15 is 0 Å². The van der Waals surface area contributed by atoms with Gasteiger partial charge in [0.05, 0.1) is 11.3 Å². The molecule has 0 bridgehead atoms. The summed E-state index contributed by atoms with van der Waals surface area (Å²) >= 11 is 0. The molecule has 2 aromatic carbocycles. The molecule has 5 rings (SSSR count). The van der Waals surface area contributed by atoms with E-state index in [0.29, 0.717) is 24.2 Å². The van der Waals surface area contributed by atoms with E-state index in [2.05, 4.69) is 15.5 Å². The minimum absolute atomic E-state index is 0.170. The van der Waals surface area contributed by atoms with Crippen molar-refractivity contribution in [2.45, 2.75) is 13.3 Å². The first-order chi connectivity index (χ1) is 15.7. The molecule has 0 radical (unpaired) electrons. The van der Waals surface area contributed by atoms with E-state index < -0.39 is 0 Å². The van der Waals surface area contributed by atoms with Gasteiger partial charge in [-0.05, 0) is 31.2 Å². The number of pyridine rings is 1. The number of nitrogens with zero attached hydrogens (tertiary/aromatic N) is 5. The largest absolute Gasteiger partial charge is 0.351 e. The molecule has 0 saturated carbocycles. The molecule has 0 saturated heterocycles. The molecular weight excluding hydrogens is 400 g/mol. The van der Waals surface area contributed by atoms with E-state index in [-0.39, 0.29) is 5.91 Å². The van der Waals surface area contributed by atoms with Gasteiger partial charge in [-0.2, -0.15) is 5.10 Å². The van der Waals surface area contributed by atoms with Gasteiger partial charge in [-0.1, -0.05) is 54.1 Å². The van der Waals surface area contributed by atoms with E-state index in [4.69, 9.17) is 5.10 Å². The van der Waals surface area contributed by atoms with Crippen molar-refractivity contribution in [3.8, 4) is 16.9 Å². The first kappa shape index (κ1) is 19.7. The molecule has 3 heterocycles. The lowest BCUT2D eigenvalue weighted by atomic mass is 10.1. The molecule has 1 N–H and O–H groups in total. The highest BCUT2D eigenvalue weighted by molar-refractivity contribution is 5.99. The summed E-state index contributed by atoms with van der Waals surface area (Å²) in [5.74, 6) is 0.635. The summed E-state index contributed by atoms with van der Waals surface area (Å²) in [6.07, 6.45) is 4.28. The number of fused-ring (bicyclic) bond motifs is 1. The molecular formula is C25H22N6O. The maximum Gasteiger partial charge on any atom is 0.255 e. The number of carbonyl (C=O) groups excluding carboxylic acids is 1. The number of aromatic nitrogens is 5. The number of aryl methyl sites for hydroxylation is 1.